The normalized spacial score (nSPS) is 14.1. The number of halogens is 7. The average Bonchev–Trinajstić information content (AvgIpc) is 3.06. The van der Waals surface area contributed by atoms with Crippen LogP contribution in [0.15, 0.2) is 46.2 Å². The van der Waals surface area contributed by atoms with E-state index in [2.05, 4.69) is 25.0 Å². The maximum Gasteiger partial charge on any atom is 0.411 e. The molecule has 1 aliphatic rings. The monoisotopic (exact) mass is 859 g/mol. The summed E-state index contributed by atoms with van der Waals surface area (Å²) in [7, 11) is -7.04. The summed E-state index contributed by atoms with van der Waals surface area (Å²) in [5.74, 6) is -3.64. The number of ketones is 3. The lowest BCUT2D eigenvalue weighted by atomic mass is 9.81. The van der Waals surface area contributed by atoms with E-state index in [0.717, 1.165) is 24.5 Å². The van der Waals surface area contributed by atoms with Gasteiger partial charge in [-0.25, -0.2) is 26.4 Å². The van der Waals surface area contributed by atoms with Gasteiger partial charge in [-0.15, -0.1) is 0 Å². The van der Waals surface area contributed by atoms with Crippen LogP contribution in [-0.2, 0) is 47.2 Å². The van der Waals surface area contributed by atoms with Crippen LogP contribution in [-0.4, -0.2) is 87.5 Å². The molecule has 2 N–H and O–H groups in total. The number of carbonyl (C=O) groups excluding carboxylic acids is 4. The third-order valence-corrected chi connectivity index (χ3v) is 10.5. The van der Waals surface area contributed by atoms with Gasteiger partial charge in [-0.05, 0) is 43.5 Å². The Morgan fingerprint density at radius 2 is 1.54 bits per heavy atom. The van der Waals surface area contributed by atoms with Crippen molar-refractivity contribution in [1.82, 2.24) is 19.7 Å². The summed E-state index contributed by atoms with van der Waals surface area (Å²) in [6, 6.07) is 5.85. The van der Waals surface area contributed by atoms with Gasteiger partial charge in [-0.2, -0.15) is 41.3 Å². The number of anilines is 1. The van der Waals surface area contributed by atoms with E-state index in [4.69, 9.17) is 16.3 Å². The molecule has 1 aromatic heterocycles. The summed E-state index contributed by atoms with van der Waals surface area (Å²) >= 11 is 6.11. The van der Waals surface area contributed by atoms with E-state index < -0.39 is 102 Å². The number of sulfone groups is 1. The molecule has 0 saturated heterocycles. The number of ether oxygens (including phenoxy) is 2. The summed E-state index contributed by atoms with van der Waals surface area (Å²) in [5.41, 5.74) is -0.721. The lowest BCUT2D eigenvalue weighted by Gasteiger charge is -2.20. The van der Waals surface area contributed by atoms with Crippen LogP contribution in [0, 0.1) is 12.8 Å². The molecule has 1 saturated carbocycles. The molecule has 0 radical (unpaired) electrons. The van der Waals surface area contributed by atoms with Crippen molar-refractivity contribution in [2.45, 2.75) is 67.8 Å². The van der Waals surface area contributed by atoms with Crippen LogP contribution in [0.5, 0.6) is 6.01 Å². The molecule has 1 fully saturated rings. The molecule has 0 atom stereocenters. The molecule has 0 unspecified atom stereocenters. The van der Waals surface area contributed by atoms with Gasteiger partial charge in [0.2, 0.25) is 5.95 Å². The van der Waals surface area contributed by atoms with E-state index in [1.54, 1.807) is 4.72 Å². The highest BCUT2D eigenvalue weighted by Crippen LogP contribution is 2.33. The van der Waals surface area contributed by atoms with E-state index in [0.29, 0.717) is 6.42 Å². The molecule has 0 bridgehead atoms. The van der Waals surface area contributed by atoms with E-state index >= 15 is 0 Å². The van der Waals surface area contributed by atoms with E-state index in [1.165, 1.54) is 32.2 Å². The van der Waals surface area contributed by atoms with Crippen LogP contribution >= 0.6 is 11.6 Å². The molecular formula is C32H32ClF6N5O10S2. The molecule has 0 aliphatic heterocycles. The van der Waals surface area contributed by atoms with Gasteiger partial charge in [0, 0.05) is 36.6 Å². The minimum Gasteiger partial charge on any atom is -0.467 e. The number of Topliss-reactive ketones (excluding diaryl/α,β-unsaturated/α-hetero) is 3. The number of carbonyl (C=O) groups is 4. The number of alkyl halides is 6. The van der Waals surface area contributed by atoms with Crippen molar-refractivity contribution in [3.8, 4) is 6.01 Å². The van der Waals surface area contributed by atoms with Crippen LogP contribution in [0.4, 0.5) is 37.1 Å². The second-order valence-electron chi connectivity index (χ2n) is 11.8. The number of aryl methyl sites for hydroxylation is 2. The summed E-state index contributed by atoms with van der Waals surface area (Å²) in [6.45, 7) is -0.973. The van der Waals surface area contributed by atoms with Gasteiger partial charge < -0.3 is 9.47 Å². The second-order valence-corrected chi connectivity index (χ2v) is 15.9. The highest BCUT2D eigenvalue weighted by Gasteiger charge is 2.38. The first-order valence-electron chi connectivity index (χ1n) is 15.8. The topological polar surface area (TPSA) is 218 Å². The molecule has 1 heterocycles. The number of aromatic nitrogens is 3. The van der Waals surface area contributed by atoms with Crippen molar-refractivity contribution in [2.75, 3.05) is 25.3 Å². The van der Waals surface area contributed by atoms with E-state index in [9.17, 15) is 62.4 Å². The fourth-order valence-electron chi connectivity index (χ4n) is 5.05. The Labute approximate surface area is 320 Å². The summed E-state index contributed by atoms with van der Waals surface area (Å²) in [5, 5.41) is 1.65. The Kier molecular flexibility index (Phi) is 15.1. The van der Waals surface area contributed by atoms with Crippen LogP contribution in [0.2, 0.25) is 5.02 Å². The second kappa shape index (κ2) is 18.5. The minimum atomic E-state index is -4.65. The number of hydrogen-bond acceptors (Lipinski definition) is 13. The zero-order chi connectivity index (χ0) is 42.2. The number of methoxy groups -OCH3 is 1. The molecule has 56 heavy (non-hydrogen) atoms. The maximum absolute atomic E-state index is 12.7. The van der Waals surface area contributed by atoms with Gasteiger partial charge in [-0.1, -0.05) is 29.8 Å². The maximum atomic E-state index is 12.7. The standard InChI is InChI=1S/C17H16ClF3O6S.C15H16F3N5O4S/c1-28(25,26)13-6-5-9(15(18)10(13)7-27-8-17(19,20)21)16(24)14-11(22)3-2-4-12(14)23;1-9-19-12(22-14(20-9)27-2)21-13(24)23-28(25,26)11-6-4-3-5-10(11)7-8-15(16,17)18/h5-6,14H,2-4,7-8H2,1H3;3-6H,7-8H2,1-2H3,(H2,19,20,21,22,23,24). The number of benzene rings is 2. The quantitative estimate of drug-likeness (QED) is 0.137. The SMILES string of the molecule is COc1nc(C)nc(NC(=O)NS(=O)(=O)c2ccccc2CCC(F)(F)F)n1.CS(=O)(=O)c1ccc(C(=O)C2C(=O)CCCC2=O)c(Cl)c1COCC(F)(F)F. The lowest BCUT2D eigenvalue weighted by molar-refractivity contribution is -0.176. The van der Waals surface area contributed by atoms with Crippen molar-refractivity contribution in [3.05, 3.63) is 63.9 Å². The Morgan fingerprint density at radius 1 is 0.911 bits per heavy atom. The smallest absolute Gasteiger partial charge is 0.411 e. The van der Waals surface area contributed by atoms with Crippen LogP contribution < -0.4 is 14.8 Å². The Morgan fingerprint density at radius 3 is 2.11 bits per heavy atom. The molecule has 4 rings (SSSR count). The zero-order valence-corrected chi connectivity index (χ0v) is 31.8. The van der Waals surface area contributed by atoms with Crippen molar-refractivity contribution >= 4 is 60.8 Å². The van der Waals surface area contributed by atoms with Crippen LogP contribution in [0.1, 0.15) is 53.0 Å². The number of amides is 2. The van der Waals surface area contributed by atoms with Crippen LogP contribution in [0.25, 0.3) is 0 Å². The average molecular weight is 860 g/mol. The van der Waals surface area contributed by atoms with E-state index in [-0.39, 0.29) is 47.3 Å². The number of sulfonamides is 1. The van der Waals surface area contributed by atoms with Gasteiger partial charge in [0.1, 0.15) is 18.3 Å². The lowest BCUT2D eigenvalue weighted by Crippen LogP contribution is -2.35. The molecular weight excluding hydrogens is 828 g/mol. The summed E-state index contributed by atoms with van der Waals surface area (Å²) < 4.78 is 134. The first kappa shape index (κ1) is 45.6. The molecule has 1 aliphatic carbocycles. The number of urea groups is 1. The van der Waals surface area contributed by atoms with Crippen molar-refractivity contribution in [2.24, 2.45) is 5.92 Å². The van der Waals surface area contributed by atoms with Gasteiger partial charge in [0.15, 0.2) is 27.2 Å². The fourth-order valence-corrected chi connectivity index (χ4v) is 7.53. The molecule has 2 amide bonds. The first-order valence-corrected chi connectivity index (χ1v) is 19.6. The highest BCUT2D eigenvalue weighted by atomic mass is 35.5. The predicted molar refractivity (Wildman–Crippen MR) is 183 cm³/mol. The molecule has 2 aromatic carbocycles. The van der Waals surface area contributed by atoms with E-state index in [1.807, 2.05) is 0 Å². The van der Waals surface area contributed by atoms with Gasteiger partial charge in [0.05, 0.1) is 28.5 Å². The van der Waals surface area contributed by atoms with Gasteiger partial charge in [-0.3, -0.25) is 19.7 Å². The highest BCUT2D eigenvalue weighted by molar-refractivity contribution is 7.90. The number of nitrogens with zero attached hydrogens (tertiary/aromatic N) is 3. The number of hydrogen-bond donors (Lipinski definition) is 2. The van der Waals surface area contributed by atoms with Crippen molar-refractivity contribution in [1.29, 1.82) is 0 Å². The zero-order valence-electron chi connectivity index (χ0n) is 29.4. The molecule has 3 aromatic rings. The first-order chi connectivity index (χ1) is 25.8. The Balaban J connectivity index is 0.000000300. The summed E-state index contributed by atoms with van der Waals surface area (Å²) in [6.07, 6.45) is -9.60. The minimum absolute atomic E-state index is 0.0444. The molecule has 0 spiro atoms. The number of nitrogens with one attached hydrogen (secondary N) is 2. The number of rotatable bonds is 12. The molecule has 306 valence electrons. The predicted octanol–water partition coefficient (Wildman–Crippen LogP) is 5.14. The van der Waals surface area contributed by atoms with Crippen molar-refractivity contribution in [3.63, 3.8) is 0 Å². The summed E-state index contributed by atoms with van der Waals surface area (Å²) in [4.78, 5) is 59.2. The molecule has 24 heteroatoms. The third kappa shape index (κ3) is 13.2. The fraction of sp³-hybridized carbons (Fsp3) is 0.406. The van der Waals surface area contributed by atoms with Crippen LogP contribution in [0.3, 0.4) is 0 Å². The van der Waals surface area contributed by atoms with Crippen molar-refractivity contribution < 1.29 is 71.8 Å². The van der Waals surface area contributed by atoms with Gasteiger partial charge in [0.25, 0.3) is 10.0 Å². The molecule has 15 nitrogen and oxygen atoms in total. The van der Waals surface area contributed by atoms with Gasteiger partial charge >= 0.3 is 24.4 Å². The Bertz CT molecular complexity index is 2190. The largest absolute Gasteiger partial charge is 0.467 e. The third-order valence-electron chi connectivity index (χ3n) is 7.43. The Hall–Kier alpha value is -4.74.